The second-order valence-corrected chi connectivity index (χ2v) is 4.54. The van der Waals surface area contributed by atoms with Crippen LogP contribution in [0.15, 0.2) is 42.5 Å². The van der Waals surface area contributed by atoms with Crippen molar-refractivity contribution in [2.75, 3.05) is 5.32 Å². The van der Waals surface area contributed by atoms with Crippen molar-refractivity contribution in [1.82, 2.24) is 0 Å². The number of carbonyl (C=O) groups is 1. The topological polar surface area (TPSA) is 115 Å². The van der Waals surface area contributed by atoms with E-state index < -0.39 is 15.8 Å². The zero-order valence-electron chi connectivity index (χ0n) is 11.5. The summed E-state index contributed by atoms with van der Waals surface area (Å²) in [4.78, 5) is 32.4. The van der Waals surface area contributed by atoms with Crippen molar-refractivity contribution in [3.63, 3.8) is 0 Å². The van der Waals surface area contributed by atoms with Crippen LogP contribution in [0.3, 0.4) is 0 Å². The van der Waals surface area contributed by atoms with E-state index in [1.54, 1.807) is 13.0 Å². The van der Waals surface area contributed by atoms with Crippen molar-refractivity contribution in [3.05, 3.63) is 73.8 Å². The molecule has 2 aromatic rings. The van der Waals surface area contributed by atoms with Gasteiger partial charge in [0, 0.05) is 23.8 Å². The van der Waals surface area contributed by atoms with Crippen LogP contribution < -0.4 is 5.32 Å². The normalized spacial score (nSPS) is 10.0. The van der Waals surface area contributed by atoms with Crippen molar-refractivity contribution in [3.8, 4) is 0 Å². The van der Waals surface area contributed by atoms with E-state index in [1.807, 2.05) is 0 Å². The molecule has 0 heterocycles. The van der Waals surface area contributed by atoms with Gasteiger partial charge < -0.3 is 5.32 Å². The molecule has 112 valence electrons. The van der Waals surface area contributed by atoms with Gasteiger partial charge in [0.1, 0.15) is 5.69 Å². The molecule has 0 saturated heterocycles. The maximum Gasteiger partial charge on any atom is 0.292 e. The number of rotatable bonds is 4. The van der Waals surface area contributed by atoms with E-state index in [9.17, 15) is 25.0 Å². The molecule has 2 rings (SSSR count). The number of nitrogens with zero attached hydrogens (tertiary/aromatic N) is 2. The summed E-state index contributed by atoms with van der Waals surface area (Å²) in [5.74, 6) is -0.580. The minimum atomic E-state index is -0.592. The minimum Gasteiger partial charge on any atom is -0.316 e. The van der Waals surface area contributed by atoms with Crippen LogP contribution in [-0.4, -0.2) is 15.8 Å². The number of nitrogens with one attached hydrogen (secondary N) is 1. The van der Waals surface area contributed by atoms with Crippen molar-refractivity contribution < 1.29 is 14.6 Å². The molecule has 0 saturated carbocycles. The van der Waals surface area contributed by atoms with Crippen LogP contribution in [0, 0.1) is 27.2 Å². The summed E-state index contributed by atoms with van der Waals surface area (Å²) in [5.41, 5.74) is 0.637. The van der Waals surface area contributed by atoms with Gasteiger partial charge in [-0.2, -0.15) is 0 Å². The highest BCUT2D eigenvalue weighted by molar-refractivity contribution is 6.05. The molecule has 0 bridgehead atoms. The average molecular weight is 301 g/mol. The first kappa shape index (κ1) is 15.1. The Morgan fingerprint density at radius 1 is 1.00 bits per heavy atom. The molecule has 0 aliphatic rings. The van der Waals surface area contributed by atoms with Gasteiger partial charge in [0.2, 0.25) is 0 Å². The first-order valence-electron chi connectivity index (χ1n) is 6.19. The van der Waals surface area contributed by atoms with Crippen molar-refractivity contribution in [2.45, 2.75) is 6.92 Å². The maximum absolute atomic E-state index is 12.1. The van der Waals surface area contributed by atoms with Crippen LogP contribution in [0.25, 0.3) is 0 Å². The SMILES string of the molecule is Cc1ccc([N+](=O)[O-])c(NC(=O)c2ccc([N+](=O)[O-])cc2)c1. The number of hydrogen-bond donors (Lipinski definition) is 1. The Balaban J connectivity index is 2.27. The largest absolute Gasteiger partial charge is 0.316 e. The molecule has 1 N–H and O–H groups in total. The number of nitro benzene ring substituents is 2. The molecule has 0 unspecified atom stereocenters. The van der Waals surface area contributed by atoms with Crippen LogP contribution in [0.4, 0.5) is 17.1 Å². The summed E-state index contributed by atoms with van der Waals surface area (Å²) in [5, 5.41) is 24.0. The Morgan fingerprint density at radius 2 is 1.64 bits per heavy atom. The molecular formula is C14H11N3O5. The molecule has 0 spiro atoms. The second-order valence-electron chi connectivity index (χ2n) is 4.54. The van der Waals surface area contributed by atoms with Gasteiger partial charge in [0.15, 0.2) is 0 Å². The smallest absolute Gasteiger partial charge is 0.292 e. The number of amides is 1. The highest BCUT2D eigenvalue weighted by Crippen LogP contribution is 2.26. The predicted molar refractivity (Wildman–Crippen MR) is 78.9 cm³/mol. The Hall–Kier alpha value is -3.29. The molecule has 0 aliphatic carbocycles. The third kappa shape index (κ3) is 3.23. The lowest BCUT2D eigenvalue weighted by molar-refractivity contribution is -0.384. The van der Waals surface area contributed by atoms with Gasteiger partial charge in [0.25, 0.3) is 17.3 Å². The van der Waals surface area contributed by atoms with Gasteiger partial charge in [-0.1, -0.05) is 6.07 Å². The molecule has 2 aromatic carbocycles. The van der Waals surface area contributed by atoms with Crippen LogP contribution in [-0.2, 0) is 0 Å². The van der Waals surface area contributed by atoms with Gasteiger partial charge >= 0.3 is 0 Å². The molecule has 8 heteroatoms. The molecule has 0 aromatic heterocycles. The van der Waals surface area contributed by atoms with E-state index in [2.05, 4.69) is 5.32 Å². The first-order chi connectivity index (χ1) is 10.4. The van der Waals surface area contributed by atoms with E-state index >= 15 is 0 Å². The van der Waals surface area contributed by atoms with Crippen LogP contribution in [0.1, 0.15) is 15.9 Å². The quantitative estimate of drug-likeness (QED) is 0.688. The number of nitro groups is 2. The zero-order valence-corrected chi connectivity index (χ0v) is 11.5. The van der Waals surface area contributed by atoms with E-state index in [4.69, 9.17) is 0 Å². The Bertz CT molecular complexity index is 756. The monoisotopic (exact) mass is 301 g/mol. The zero-order chi connectivity index (χ0) is 16.3. The third-order valence-corrected chi connectivity index (χ3v) is 2.94. The number of non-ortho nitro benzene ring substituents is 1. The molecule has 0 atom stereocenters. The van der Waals surface area contributed by atoms with Gasteiger partial charge in [-0.05, 0) is 30.7 Å². The molecule has 1 amide bonds. The van der Waals surface area contributed by atoms with Crippen molar-refractivity contribution in [1.29, 1.82) is 0 Å². The highest BCUT2D eigenvalue weighted by atomic mass is 16.6. The lowest BCUT2D eigenvalue weighted by atomic mass is 10.1. The van der Waals surface area contributed by atoms with Crippen LogP contribution in [0.2, 0.25) is 0 Å². The Morgan fingerprint density at radius 3 is 2.18 bits per heavy atom. The molecule has 0 radical (unpaired) electrons. The third-order valence-electron chi connectivity index (χ3n) is 2.94. The number of carbonyl (C=O) groups excluding carboxylic acids is 1. The highest BCUT2D eigenvalue weighted by Gasteiger charge is 2.17. The lowest BCUT2D eigenvalue weighted by Crippen LogP contribution is -2.13. The Labute approximate surface area is 124 Å². The van der Waals surface area contributed by atoms with Gasteiger partial charge in [-0.25, -0.2) is 0 Å². The number of benzene rings is 2. The molecule has 22 heavy (non-hydrogen) atoms. The number of aryl methyl sites for hydroxylation is 1. The van der Waals surface area contributed by atoms with Gasteiger partial charge in [0.05, 0.1) is 9.85 Å². The lowest BCUT2D eigenvalue weighted by Gasteiger charge is -2.07. The maximum atomic E-state index is 12.1. The summed E-state index contributed by atoms with van der Waals surface area (Å²) in [7, 11) is 0. The second kappa shape index (κ2) is 6.00. The van der Waals surface area contributed by atoms with Crippen LogP contribution in [0.5, 0.6) is 0 Å². The van der Waals surface area contributed by atoms with Crippen molar-refractivity contribution >= 4 is 23.0 Å². The molecule has 8 nitrogen and oxygen atoms in total. The Kier molecular flexibility index (Phi) is 4.12. The molecular weight excluding hydrogens is 290 g/mol. The molecule has 0 aliphatic heterocycles. The minimum absolute atomic E-state index is 0.0772. The first-order valence-corrected chi connectivity index (χ1v) is 6.19. The van der Waals surface area contributed by atoms with E-state index in [1.165, 1.54) is 36.4 Å². The van der Waals surface area contributed by atoms with E-state index in [0.29, 0.717) is 0 Å². The van der Waals surface area contributed by atoms with E-state index in [-0.39, 0.29) is 22.6 Å². The average Bonchev–Trinajstić information content (AvgIpc) is 2.47. The predicted octanol–water partition coefficient (Wildman–Crippen LogP) is 3.06. The van der Waals surface area contributed by atoms with Gasteiger partial charge in [-0.3, -0.25) is 25.0 Å². The van der Waals surface area contributed by atoms with Crippen LogP contribution >= 0.6 is 0 Å². The fourth-order valence-electron chi connectivity index (χ4n) is 1.84. The summed E-state index contributed by atoms with van der Waals surface area (Å²) in [6, 6.07) is 9.32. The number of anilines is 1. The summed E-state index contributed by atoms with van der Waals surface area (Å²) in [6.45, 7) is 1.74. The van der Waals surface area contributed by atoms with Gasteiger partial charge in [-0.15, -0.1) is 0 Å². The summed E-state index contributed by atoms with van der Waals surface area (Å²) in [6.07, 6.45) is 0. The number of hydrogen-bond acceptors (Lipinski definition) is 5. The van der Waals surface area contributed by atoms with E-state index in [0.717, 1.165) is 5.56 Å². The standard InChI is InChI=1S/C14H11N3O5/c1-9-2-7-13(17(21)22)12(8-9)15-14(18)10-3-5-11(6-4-10)16(19)20/h2-8H,1H3,(H,15,18). The molecule has 0 fully saturated rings. The van der Waals surface area contributed by atoms with Crippen molar-refractivity contribution in [2.24, 2.45) is 0 Å². The summed E-state index contributed by atoms with van der Waals surface area (Å²) >= 11 is 0. The fraction of sp³-hybridized carbons (Fsp3) is 0.0714. The fourth-order valence-corrected chi connectivity index (χ4v) is 1.84. The summed E-state index contributed by atoms with van der Waals surface area (Å²) < 4.78 is 0.